The number of sulfonamides is 1. The second-order valence-electron chi connectivity index (χ2n) is 5.05. The highest BCUT2D eigenvalue weighted by Gasteiger charge is 2.51. The van der Waals surface area contributed by atoms with Crippen molar-refractivity contribution in [2.24, 2.45) is 0 Å². The van der Waals surface area contributed by atoms with Crippen LogP contribution < -0.4 is 0 Å². The number of benzene rings is 1. The molecule has 0 atom stereocenters. The van der Waals surface area contributed by atoms with E-state index in [9.17, 15) is 18.3 Å². The highest BCUT2D eigenvalue weighted by atomic mass is 32.2. The van der Waals surface area contributed by atoms with Crippen LogP contribution in [-0.2, 0) is 20.2 Å². The molecule has 1 fully saturated rings. The molecule has 1 aromatic carbocycles. The molecule has 0 aromatic heterocycles. The molecule has 0 amide bonds. The lowest BCUT2D eigenvalue weighted by Crippen LogP contribution is -2.31. The minimum atomic E-state index is -3.63. The molecule has 0 heterocycles. The van der Waals surface area contributed by atoms with Crippen molar-refractivity contribution in [3.8, 4) is 12.3 Å². The van der Waals surface area contributed by atoms with Crippen LogP contribution in [0.25, 0.3) is 0 Å². The van der Waals surface area contributed by atoms with E-state index in [2.05, 4.69) is 5.92 Å². The van der Waals surface area contributed by atoms with Gasteiger partial charge in [0, 0.05) is 6.54 Å². The number of rotatable bonds is 6. The van der Waals surface area contributed by atoms with Crippen molar-refractivity contribution in [1.29, 1.82) is 0 Å². The summed E-state index contributed by atoms with van der Waals surface area (Å²) < 4.78 is 26.0. The van der Waals surface area contributed by atoms with E-state index >= 15 is 0 Å². The topological polar surface area (TPSA) is 74.7 Å². The zero-order valence-electron chi connectivity index (χ0n) is 11.7. The molecule has 1 N–H and O–H groups in total. The van der Waals surface area contributed by atoms with Gasteiger partial charge in [-0.3, -0.25) is 4.79 Å². The first-order valence-electron chi connectivity index (χ1n) is 6.66. The maximum atomic E-state index is 12.4. The van der Waals surface area contributed by atoms with E-state index in [-0.39, 0.29) is 18.0 Å². The van der Waals surface area contributed by atoms with Gasteiger partial charge in [0.2, 0.25) is 10.0 Å². The first-order valence-corrected chi connectivity index (χ1v) is 8.10. The Morgan fingerprint density at radius 1 is 1.38 bits per heavy atom. The van der Waals surface area contributed by atoms with Gasteiger partial charge in [0.15, 0.2) is 0 Å². The Bertz CT molecular complexity index is 681. The van der Waals surface area contributed by atoms with Gasteiger partial charge in [-0.1, -0.05) is 25.0 Å². The van der Waals surface area contributed by atoms with Crippen molar-refractivity contribution in [3.05, 3.63) is 29.8 Å². The van der Waals surface area contributed by atoms with Gasteiger partial charge in [-0.15, -0.1) is 6.42 Å². The molecule has 0 saturated heterocycles. The van der Waals surface area contributed by atoms with Crippen LogP contribution >= 0.6 is 0 Å². The first-order chi connectivity index (χ1) is 9.88. The van der Waals surface area contributed by atoms with E-state index in [4.69, 9.17) is 6.42 Å². The molecule has 0 unspecified atom stereocenters. The van der Waals surface area contributed by atoms with Gasteiger partial charge in [-0.25, -0.2) is 8.42 Å². The molecule has 0 aliphatic heterocycles. The first kappa shape index (κ1) is 15.5. The minimum Gasteiger partial charge on any atom is -0.481 e. The summed E-state index contributed by atoms with van der Waals surface area (Å²) in [5.41, 5.74) is -0.181. The van der Waals surface area contributed by atoms with Crippen LogP contribution in [0.15, 0.2) is 29.2 Å². The molecule has 2 rings (SSSR count). The number of terminal acetylenes is 1. The Hall–Kier alpha value is -1.84. The van der Waals surface area contributed by atoms with Gasteiger partial charge in [0.25, 0.3) is 0 Å². The van der Waals surface area contributed by atoms with Gasteiger partial charge < -0.3 is 5.11 Å². The third-order valence-electron chi connectivity index (χ3n) is 3.82. The molecule has 21 heavy (non-hydrogen) atoms. The van der Waals surface area contributed by atoms with E-state index in [1.807, 2.05) is 0 Å². The summed E-state index contributed by atoms with van der Waals surface area (Å²) in [6.45, 7) is 2.01. The Kier molecular flexibility index (Phi) is 4.08. The second kappa shape index (κ2) is 5.51. The molecule has 0 spiro atoms. The predicted octanol–water partition coefficient (Wildman–Crippen LogP) is 1.45. The van der Waals surface area contributed by atoms with Crippen LogP contribution in [-0.4, -0.2) is 36.9 Å². The highest BCUT2D eigenvalue weighted by Crippen LogP contribution is 2.48. The fourth-order valence-corrected chi connectivity index (χ4v) is 3.68. The molecule has 1 aliphatic carbocycles. The molecule has 1 aliphatic rings. The summed E-state index contributed by atoms with van der Waals surface area (Å²) in [4.78, 5) is 11.4. The molecule has 5 nitrogen and oxygen atoms in total. The Labute approximate surface area is 124 Å². The van der Waals surface area contributed by atoms with Crippen molar-refractivity contribution in [3.63, 3.8) is 0 Å². The number of carboxylic acids is 1. The van der Waals surface area contributed by atoms with E-state index in [1.54, 1.807) is 19.1 Å². The molecule has 6 heteroatoms. The fourth-order valence-electron chi connectivity index (χ4n) is 2.31. The number of hydrogen-bond acceptors (Lipinski definition) is 3. The van der Waals surface area contributed by atoms with E-state index in [0.717, 1.165) is 0 Å². The van der Waals surface area contributed by atoms with Gasteiger partial charge in [-0.2, -0.15) is 4.31 Å². The molecular formula is C15H17NO4S. The van der Waals surface area contributed by atoms with Crippen LogP contribution in [0, 0.1) is 12.3 Å². The number of aliphatic carboxylic acids is 1. The normalized spacial score (nSPS) is 16.4. The molecule has 0 radical (unpaired) electrons. The van der Waals surface area contributed by atoms with Crippen LogP contribution in [0.3, 0.4) is 0 Å². The van der Waals surface area contributed by atoms with Crippen LogP contribution in [0.4, 0.5) is 0 Å². The largest absolute Gasteiger partial charge is 0.481 e. The molecule has 112 valence electrons. The average Bonchev–Trinajstić information content (AvgIpc) is 3.26. The summed E-state index contributed by atoms with van der Waals surface area (Å²) in [7, 11) is -3.63. The number of nitrogens with zero attached hydrogens (tertiary/aromatic N) is 1. The summed E-state index contributed by atoms with van der Waals surface area (Å²) >= 11 is 0. The number of carboxylic acid groups (broad SMARTS) is 1. The van der Waals surface area contributed by atoms with Crippen molar-refractivity contribution in [2.75, 3.05) is 13.1 Å². The molecule has 0 bridgehead atoms. The van der Waals surface area contributed by atoms with Crippen molar-refractivity contribution < 1.29 is 18.3 Å². The maximum absolute atomic E-state index is 12.4. The fraction of sp³-hybridized carbons (Fsp3) is 0.400. The van der Waals surface area contributed by atoms with E-state index in [1.165, 1.54) is 16.4 Å². The van der Waals surface area contributed by atoms with Crippen molar-refractivity contribution >= 4 is 16.0 Å². The lowest BCUT2D eigenvalue weighted by Gasteiger charge is -2.18. The van der Waals surface area contributed by atoms with Crippen LogP contribution in [0.1, 0.15) is 25.3 Å². The second-order valence-corrected chi connectivity index (χ2v) is 6.98. The zero-order chi connectivity index (χ0) is 15.7. The molecule has 1 saturated carbocycles. The highest BCUT2D eigenvalue weighted by molar-refractivity contribution is 7.89. The zero-order valence-corrected chi connectivity index (χ0v) is 12.6. The third-order valence-corrected chi connectivity index (χ3v) is 5.76. The third kappa shape index (κ3) is 2.67. The summed E-state index contributed by atoms with van der Waals surface area (Å²) in [6.07, 6.45) is 6.36. The average molecular weight is 307 g/mol. The summed E-state index contributed by atoms with van der Waals surface area (Å²) in [5, 5.41) is 9.23. The molecule has 1 aromatic rings. The Balaban J connectivity index is 2.31. The molecular weight excluding hydrogens is 290 g/mol. The monoisotopic (exact) mass is 307 g/mol. The van der Waals surface area contributed by atoms with Crippen LogP contribution in [0.5, 0.6) is 0 Å². The Morgan fingerprint density at radius 3 is 2.33 bits per heavy atom. The van der Waals surface area contributed by atoms with Gasteiger partial charge in [-0.05, 0) is 30.5 Å². The summed E-state index contributed by atoms with van der Waals surface area (Å²) in [6, 6.07) is 6.06. The number of carbonyl (C=O) groups is 1. The van der Waals surface area contributed by atoms with Gasteiger partial charge in [0.1, 0.15) is 0 Å². The standard InChI is InChI=1S/C15H17NO4S/c1-3-11-16(4-2)21(19,20)13-7-5-12(6-8-13)15(9-10-15)14(17)18/h1,5-8H,4,9-11H2,2H3,(H,17,18). The quantitative estimate of drug-likeness (QED) is 0.807. The van der Waals surface area contributed by atoms with Gasteiger partial charge >= 0.3 is 5.97 Å². The van der Waals surface area contributed by atoms with E-state index < -0.39 is 21.4 Å². The lowest BCUT2D eigenvalue weighted by atomic mass is 9.96. The SMILES string of the molecule is C#CCN(CC)S(=O)(=O)c1ccc(C2(C(=O)O)CC2)cc1. The summed E-state index contributed by atoms with van der Waals surface area (Å²) in [5.74, 6) is 1.46. The minimum absolute atomic E-state index is 0.0135. The van der Waals surface area contributed by atoms with Crippen molar-refractivity contribution in [2.45, 2.75) is 30.1 Å². The van der Waals surface area contributed by atoms with E-state index in [0.29, 0.717) is 18.4 Å². The number of hydrogen-bond donors (Lipinski definition) is 1. The van der Waals surface area contributed by atoms with Crippen molar-refractivity contribution in [1.82, 2.24) is 4.31 Å². The van der Waals surface area contributed by atoms with Gasteiger partial charge in [0.05, 0.1) is 16.9 Å². The predicted molar refractivity (Wildman–Crippen MR) is 78.3 cm³/mol. The Morgan fingerprint density at radius 2 is 1.95 bits per heavy atom. The smallest absolute Gasteiger partial charge is 0.314 e. The van der Waals surface area contributed by atoms with Crippen LogP contribution in [0.2, 0.25) is 0 Å². The maximum Gasteiger partial charge on any atom is 0.314 e. The lowest BCUT2D eigenvalue weighted by molar-refractivity contribution is -0.140.